The summed E-state index contributed by atoms with van der Waals surface area (Å²) in [6, 6.07) is 10.3. The topological polar surface area (TPSA) is 61.4 Å². The lowest BCUT2D eigenvalue weighted by molar-refractivity contribution is 0.0649. The van der Waals surface area contributed by atoms with Gasteiger partial charge in [-0.25, -0.2) is 9.97 Å². The third-order valence-corrected chi connectivity index (χ3v) is 4.44. The SMILES string of the molecule is C=CCNc1ncc(C(=O)N2CCN(C/C=C/c3ccccc3)CC2)cn1. The van der Waals surface area contributed by atoms with Crippen molar-refractivity contribution in [2.45, 2.75) is 0 Å². The van der Waals surface area contributed by atoms with Crippen molar-refractivity contribution in [2.75, 3.05) is 44.6 Å². The highest BCUT2D eigenvalue weighted by molar-refractivity contribution is 5.93. The molecule has 3 rings (SSSR count). The Bertz CT molecular complexity index is 765. The Kier molecular flexibility index (Phi) is 6.71. The maximum absolute atomic E-state index is 12.6. The molecule has 1 aromatic carbocycles. The molecule has 0 bridgehead atoms. The number of rotatable bonds is 7. The van der Waals surface area contributed by atoms with E-state index >= 15 is 0 Å². The fourth-order valence-corrected chi connectivity index (χ4v) is 2.91. The fraction of sp³-hybridized carbons (Fsp3) is 0.286. The van der Waals surface area contributed by atoms with Crippen LogP contribution in [0.2, 0.25) is 0 Å². The van der Waals surface area contributed by atoms with Gasteiger partial charge in [0, 0.05) is 51.7 Å². The van der Waals surface area contributed by atoms with Crippen molar-refractivity contribution in [2.24, 2.45) is 0 Å². The summed E-state index contributed by atoms with van der Waals surface area (Å²) in [6.07, 6.45) is 9.20. The number of hydrogen-bond acceptors (Lipinski definition) is 5. The summed E-state index contributed by atoms with van der Waals surface area (Å²) in [5, 5.41) is 3.00. The number of nitrogens with zero attached hydrogens (tertiary/aromatic N) is 4. The number of nitrogens with one attached hydrogen (secondary N) is 1. The number of benzene rings is 1. The summed E-state index contributed by atoms with van der Waals surface area (Å²) < 4.78 is 0. The van der Waals surface area contributed by atoms with Crippen LogP contribution in [0.5, 0.6) is 0 Å². The lowest BCUT2D eigenvalue weighted by atomic mass is 10.2. The van der Waals surface area contributed by atoms with E-state index in [4.69, 9.17) is 0 Å². The predicted molar refractivity (Wildman–Crippen MR) is 109 cm³/mol. The highest BCUT2D eigenvalue weighted by atomic mass is 16.2. The normalized spacial score (nSPS) is 15.0. The number of aromatic nitrogens is 2. The number of carbonyl (C=O) groups is 1. The van der Waals surface area contributed by atoms with Gasteiger partial charge in [0.15, 0.2) is 0 Å². The molecule has 140 valence electrons. The predicted octanol–water partition coefficient (Wildman–Crippen LogP) is 2.55. The minimum Gasteiger partial charge on any atom is -0.351 e. The second kappa shape index (κ2) is 9.64. The van der Waals surface area contributed by atoms with E-state index in [-0.39, 0.29) is 5.91 Å². The molecule has 27 heavy (non-hydrogen) atoms. The maximum Gasteiger partial charge on any atom is 0.257 e. The summed E-state index contributed by atoms with van der Waals surface area (Å²) in [6.45, 7) is 8.28. The van der Waals surface area contributed by atoms with E-state index in [1.165, 1.54) is 5.56 Å². The second-order valence-electron chi connectivity index (χ2n) is 6.37. The first-order valence-corrected chi connectivity index (χ1v) is 9.16. The van der Waals surface area contributed by atoms with Gasteiger partial charge in [0.05, 0.1) is 5.56 Å². The molecule has 1 aliphatic heterocycles. The van der Waals surface area contributed by atoms with Gasteiger partial charge in [-0.15, -0.1) is 6.58 Å². The zero-order chi connectivity index (χ0) is 18.9. The summed E-state index contributed by atoms with van der Waals surface area (Å²) in [4.78, 5) is 25.2. The van der Waals surface area contributed by atoms with Gasteiger partial charge in [0.2, 0.25) is 5.95 Å². The lowest BCUT2D eigenvalue weighted by Crippen LogP contribution is -2.48. The molecule has 1 saturated heterocycles. The fourth-order valence-electron chi connectivity index (χ4n) is 2.91. The van der Waals surface area contributed by atoms with Crippen LogP contribution in [0.3, 0.4) is 0 Å². The molecule has 1 amide bonds. The first kappa shape index (κ1) is 18.8. The molecular weight excluding hydrogens is 338 g/mol. The van der Waals surface area contributed by atoms with E-state index in [2.05, 4.69) is 51.0 Å². The van der Waals surface area contributed by atoms with Crippen LogP contribution in [0.1, 0.15) is 15.9 Å². The maximum atomic E-state index is 12.6. The van der Waals surface area contributed by atoms with Crippen molar-refractivity contribution in [3.63, 3.8) is 0 Å². The number of anilines is 1. The zero-order valence-electron chi connectivity index (χ0n) is 15.4. The molecular formula is C21H25N5O. The zero-order valence-corrected chi connectivity index (χ0v) is 15.4. The van der Waals surface area contributed by atoms with Gasteiger partial charge in [-0.3, -0.25) is 9.69 Å². The number of amides is 1. The van der Waals surface area contributed by atoms with Gasteiger partial charge in [-0.05, 0) is 5.56 Å². The van der Waals surface area contributed by atoms with Crippen LogP contribution in [0.15, 0.2) is 61.5 Å². The van der Waals surface area contributed by atoms with E-state index in [1.54, 1.807) is 18.5 Å². The van der Waals surface area contributed by atoms with Crippen molar-refractivity contribution in [1.29, 1.82) is 0 Å². The highest BCUT2D eigenvalue weighted by Crippen LogP contribution is 2.09. The van der Waals surface area contributed by atoms with Crippen molar-refractivity contribution >= 4 is 17.9 Å². The average Bonchev–Trinajstić information content (AvgIpc) is 2.73. The first-order valence-electron chi connectivity index (χ1n) is 9.16. The molecule has 0 atom stereocenters. The van der Waals surface area contributed by atoms with Crippen LogP contribution in [0.25, 0.3) is 6.08 Å². The summed E-state index contributed by atoms with van der Waals surface area (Å²) >= 11 is 0. The first-order chi connectivity index (χ1) is 13.3. The van der Waals surface area contributed by atoms with Gasteiger partial charge in [-0.1, -0.05) is 48.6 Å². The molecule has 0 unspecified atom stereocenters. The molecule has 1 aromatic heterocycles. The molecule has 0 aliphatic carbocycles. The standard InChI is InChI=1S/C21H25N5O/c1-2-10-22-21-23-16-19(17-24-21)20(27)26-14-12-25(13-15-26)11-6-9-18-7-4-3-5-8-18/h2-9,16-17H,1,10-15H2,(H,22,23,24)/b9-6+. The van der Waals surface area contributed by atoms with Gasteiger partial charge in [0.25, 0.3) is 5.91 Å². The minimum atomic E-state index is -0.00949. The van der Waals surface area contributed by atoms with E-state index < -0.39 is 0 Å². The van der Waals surface area contributed by atoms with Gasteiger partial charge >= 0.3 is 0 Å². The third-order valence-electron chi connectivity index (χ3n) is 4.44. The van der Waals surface area contributed by atoms with Crippen LogP contribution in [0.4, 0.5) is 5.95 Å². The van der Waals surface area contributed by atoms with Crippen molar-refractivity contribution < 1.29 is 4.79 Å². The van der Waals surface area contributed by atoms with Crippen LogP contribution < -0.4 is 5.32 Å². The Morgan fingerprint density at radius 2 is 1.81 bits per heavy atom. The van der Waals surface area contributed by atoms with E-state index in [0.717, 1.165) is 19.6 Å². The monoisotopic (exact) mass is 363 g/mol. The smallest absolute Gasteiger partial charge is 0.257 e. The van der Waals surface area contributed by atoms with Crippen molar-refractivity contribution in [1.82, 2.24) is 19.8 Å². The number of carbonyl (C=O) groups excluding carboxylic acids is 1. The molecule has 1 fully saturated rings. The van der Waals surface area contributed by atoms with E-state index in [9.17, 15) is 4.79 Å². The van der Waals surface area contributed by atoms with Crippen LogP contribution in [-0.4, -0.2) is 64.9 Å². The van der Waals surface area contributed by atoms with Gasteiger partial charge < -0.3 is 10.2 Å². The third kappa shape index (κ3) is 5.49. The molecule has 0 spiro atoms. The second-order valence-corrected chi connectivity index (χ2v) is 6.37. The Hall–Kier alpha value is -2.99. The Labute approximate surface area is 160 Å². The van der Waals surface area contributed by atoms with E-state index in [0.29, 0.717) is 31.1 Å². The molecule has 2 aromatic rings. The number of piperazine rings is 1. The van der Waals surface area contributed by atoms with Crippen LogP contribution in [-0.2, 0) is 0 Å². The molecule has 6 nitrogen and oxygen atoms in total. The minimum absolute atomic E-state index is 0.00949. The van der Waals surface area contributed by atoms with Crippen molar-refractivity contribution in [3.8, 4) is 0 Å². The van der Waals surface area contributed by atoms with Gasteiger partial charge in [-0.2, -0.15) is 0 Å². The Morgan fingerprint density at radius 3 is 2.48 bits per heavy atom. The summed E-state index contributed by atoms with van der Waals surface area (Å²) in [5.74, 6) is 0.492. The Balaban J connectivity index is 1.46. The summed E-state index contributed by atoms with van der Waals surface area (Å²) in [5.41, 5.74) is 1.73. The molecule has 1 aliphatic rings. The average molecular weight is 363 g/mol. The molecule has 2 heterocycles. The molecule has 0 saturated carbocycles. The molecule has 1 N–H and O–H groups in total. The number of hydrogen-bond donors (Lipinski definition) is 1. The summed E-state index contributed by atoms with van der Waals surface area (Å²) in [7, 11) is 0. The lowest BCUT2D eigenvalue weighted by Gasteiger charge is -2.34. The van der Waals surface area contributed by atoms with E-state index in [1.807, 2.05) is 23.1 Å². The van der Waals surface area contributed by atoms with Crippen LogP contribution >= 0.6 is 0 Å². The highest BCUT2D eigenvalue weighted by Gasteiger charge is 2.22. The quantitative estimate of drug-likeness (QED) is 0.766. The van der Waals surface area contributed by atoms with Gasteiger partial charge in [0.1, 0.15) is 0 Å². The van der Waals surface area contributed by atoms with Crippen molar-refractivity contribution in [3.05, 3.63) is 72.6 Å². The Morgan fingerprint density at radius 1 is 1.11 bits per heavy atom. The van der Waals surface area contributed by atoms with Crippen LogP contribution in [0, 0.1) is 0 Å². The molecule has 6 heteroatoms. The largest absolute Gasteiger partial charge is 0.351 e. The molecule has 0 radical (unpaired) electrons.